The molecule has 1 aromatic carbocycles. The van der Waals surface area contributed by atoms with Crippen molar-refractivity contribution in [3.63, 3.8) is 0 Å². The van der Waals surface area contributed by atoms with Gasteiger partial charge in [0.15, 0.2) is 0 Å². The summed E-state index contributed by atoms with van der Waals surface area (Å²) in [6, 6.07) is 5.65. The second-order valence-electron chi connectivity index (χ2n) is 3.62. The Morgan fingerprint density at radius 1 is 1.20 bits per heavy atom. The van der Waals surface area contributed by atoms with Gasteiger partial charge in [-0.25, -0.2) is 0 Å². The predicted molar refractivity (Wildman–Crippen MR) is 66.7 cm³/mol. The molecule has 4 heteroatoms. The van der Waals surface area contributed by atoms with Crippen LogP contribution in [0.1, 0.15) is 5.56 Å². The Bertz CT molecular complexity index is 295. The summed E-state index contributed by atoms with van der Waals surface area (Å²) >= 11 is 11.8. The van der Waals surface area contributed by atoms with Gasteiger partial charge in [0.25, 0.3) is 0 Å². The summed E-state index contributed by atoms with van der Waals surface area (Å²) in [4.78, 5) is 2.22. The van der Waals surface area contributed by atoms with E-state index < -0.39 is 0 Å². The first kappa shape index (κ1) is 12.8. The molecule has 0 aliphatic heterocycles. The lowest BCUT2D eigenvalue weighted by atomic mass is 10.2. The molecule has 0 amide bonds. The molecule has 1 rings (SSSR count). The monoisotopic (exact) mass is 246 g/mol. The standard InChI is InChI=1S/C11H16Cl2N2/c1-14-3-4-15(2)8-9-5-10(12)7-11(13)6-9/h5-7,14H,3-4,8H2,1-2H3. The largest absolute Gasteiger partial charge is 0.318 e. The van der Waals surface area contributed by atoms with Crippen molar-refractivity contribution in [2.45, 2.75) is 6.54 Å². The fraction of sp³-hybridized carbons (Fsp3) is 0.455. The predicted octanol–water partition coefficient (Wildman–Crippen LogP) is 2.64. The van der Waals surface area contributed by atoms with E-state index in [1.807, 2.05) is 19.2 Å². The van der Waals surface area contributed by atoms with Crippen LogP contribution in [-0.4, -0.2) is 32.1 Å². The van der Waals surface area contributed by atoms with Gasteiger partial charge in [0.2, 0.25) is 0 Å². The summed E-state index contributed by atoms with van der Waals surface area (Å²) in [5.41, 5.74) is 1.14. The van der Waals surface area contributed by atoms with Crippen molar-refractivity contribution in [3.05, 3.63) is 33.8 Å². The second-order valence-corrected chi connectivity index (χ2v) is 4.49. The van der Waals surface area contributed by atoms with Gasteiger partial charge in [0.1, 0.15) is 0 Å². The first-order valence-electron chi connectivity index (χ1n) is 4.90. The summed E-state index contributed by atoms with van der Waals surface area (Å²) in [5.74, 6) is 0. The van der Waals surface area contributed by atoms with Gasteiger partial charge in [-0.15, -0.1) is 0 Å². The third-order valence-electron chi connectivity index (χ3n) is 2.12. The summed E-state index contributed by atoms with van der Waals surface area (Å²) in [6.07, 6.45) is 0. The van der Waals surface area contributed by atoms with Crippen LogP contribution in [0.2, 0.25) is 10.0 Å². The fourth-order valence-corrected chi connectivity index (χ4v) is 1.97. The Kier molecular flexibility index (Phi) is 5.40. The minimum Gasteiger partial charge on any atom is -0.318 e. The van der Waals surface area contributed by atoms with Crippen LogP contribution in [0.4, 0.5) is 0 Å². The average Bonchev–Trinajstić information content (AvgIpc) is 2.13. The van der Waals surface area contributed by atoms with Crippen molar-refractivity contribution in [1.29, 1.82) is 0 Å². The number of hydrogen-bond acceptors (Lipinski definition) is 2. The van der Waals surface area contributed by atoms with E-state index >= 15 is 0 Å². The smallest absolute Gasteiger partial charge is 0.0424 e. The molecule has 84 valence electrons. The maximum absolute atomic E-state index is 5.92. The van der Waals surface area contributed by atoms with Gasteiger partial charge < -0.3 is 10.2 Å². The van der Waals surface area contributed by atoms with Crippen LogP contribution in [0.3, 0.4) is 0 Å². The molecular formula is C11H16Cl2N2. The molecule has 0 fully saturated rings. The molecule has 0 spiro atoms. The first-order chi connectivity index (χ1) is 7.11. The Labute approximate surface area is 101 Å². The number of hydrogen-bond donors (Lipinski definition) is 1. The molecule has 0 saturated heterocycles. The number of likely N-dealkylation sites (N-methyl/N-ethyl adjacent to an activating group) is 2. The summed E-state index contributed by atoms with van der Waals surface area (Å²) in [6.45, 7) is 2.84. The quantitative estimate of drug-likeness (QED) is 0.860. The molecule has 0 aliphatic rings. The molecule has 0 bridgehead atoms. The normalized spacial score (nSPS) is 11.0. The van der Waals surface area contributed by atoms with Gasteiger partial charge in [0, 0.05) is 29.7 Å². The van der Waals surface area contributed by atoms with Gasteiger partial charge in [-0.3, -0.25) is 0 Å². The van der Waals surface area contributed by atoms with E-state index in [4.69, 9.17) is 23.2 Å². The molecule has 0 saturated carbocycles. The third-order valence-corrected chi connectivity index (χ3v) is 2.55. The first-order valence-corrected chi connectivity index (χ1v) is 5.65. The van der Waals surface area contributed by atoms with Gasteiger partial charge in [-0.05, 0) is 37.9 Å². The number of nitrogens with zero attached hydrogens (tertiary/aromatic N) is 1. The van der Waals surface area contributed by atoms with Crippen LogP contribution in [0, 0.1) is 0 Å². The molecule has 0 aliphatic carbocycles. The highest BCUT2D eigenvalue weighted by Crippen LogP contribution is 2.19. The maximum Gasteiger partial charge on any atom is 0.0424 e. The molecule has 0 unspecified atom stereocenters. The zero-order chi connectivity index (χ0) is 11.3. The van der Waals surface area contributed by atoms with E-state index in [1.54, 1.807) is 6.07 Å². The van der Waals surface area contributed by atoms with Gasteiger partial charge >= 0.3 is 0 Å². The van der Waals surface area contributed by atoms with Crippen molar-refractivity contribution in [2.75, 3.05) is 27.2 Å². The molecule has 0 heterocycles. The molecule has 0 atom stereocenters. The zero-order valence-corrected chi connectivity index (χ0v) is 10.6. The van der Waals surface area contributed by atoms with Gasteiger partial charge in [0.05, 0.1) is 0 Å². The Morgan fingerprint density at radius 2 is 1.80 bits per heavy atom. The van der Waals surface area contributed by atoms with E-state index in [-0.39, 0.29) is 0 Å². The molecular weight excluding hydrogens is 231 g/mol. The molecule has 1 aromatic rings. The highest BCUT2D eigenvalue weighted by atomic mass is 35.5. The summed E-state index contributed by atoms with van der Waals surface area (Å²) in [7, 11) is 4.02. The lowest BCUT2D eigenvalue weighted by Crippen LogP contribution is -2.26. The highest BCUT2D eigenvalue weighted by Gasteiger charge is 2.02. The minimum absolute atomic E-state index is 0.694. The van der Waals surface area contributed by atoms with E-state index in [2.05, 4.69) is 17.3 Å². The zero-order valence-electron chi connectivity index (χ0n) is 9.06. The summed E-state index contributed by atoms with van der Waals surface area (Å²) < 4.78 is 0. The van der Waals surface area contributed by atoms with Crippen LogP contribution in [0.25, 0.3) is 0 Å². The lowest BCUT2D eigenvalue weighted by Gasteiger charge is -2.16. The SMILES string of the molecule is CNCCN(C)Cc1cc(Cl)cc(Cl)c1. The molecule has 0 radical (unpaired) electrons. The number of nitrogens with one attached hydrogen (secondary N) is 1. The van der Waals surface area contributed by atoms with Crippen molar-refractivity contribution < 1.29 is 0 Å². The van der Waals surface area contributed by atoms with Crippen LogP contribution in [0.5, 0.6) is 0 Å². The van der Waals surface area contributed by atoms with E-state index in [9.17, 15) is 0 Å². The average molecular weight is 247 g/mol. The molecule has 0 aromatic heterocycles. The van der Waals surface area contributed by atoms with E-state index in [0.717, 1.165) is 25.2 Å². The lowest BCUT2D eigenvalue weighted by molar-refractivity contribution is 0.328. The number of rotatable bonds is 5. The van der Waals surface area contributed by atoms with Crippen LogP contribution in [-0.2, 0) is 6.54 Å². The minimum atomic E-state index is 0.694. The van der Waals surface area contributed by atoms with E-state index in [0.29, 0.717) is 10.0 Å². The van der Waals surface area contributed by atoms with E-state index in [1.165, 1.54) is 0 Å². The van der Waals surface area contributed by atoms with Gasteiger partial charge in [-0.1, -0.05) is 23.2 Å². The highest BCUT2D eigenvalue weighted by molar-refractivity contribution is 6.34. The fourth-order valence-electron chi connectivity index (χ4n) is 1.40. The Hall–Kier alpha value is -0.280. The number of halogens is 2. The van der Waals surface area contributed by atoms with Crippen molar-refractivity contribution >= 4 is 23.2 Å². The van der Waals surface area contributed by atoms with Crippen LogP contribution in [0.15, 0.2) is 18.2 Å². The topological polar surface area (TPSA) is 15.3 Å². The molecule has 2 nitrogen and oxygen atoms in total. The van der Waals surface area contributed by atoms with Crippen LogP contribution >= 0.6 is 23.2 Å². The number of benzene rings is 1. The van der Waals surface area contributed by atoms with Gasteiger partial charge in [-0.2, -0.15) is 0 Å². The molecule has 1 N–H and O–H groups in total. The van der Waals surface area contributed by atoms with Crippen molar-refractivity contribution in [1.82, 2.24) is 10.2 Å². The second kappa shape index (κ2) is 6.33. The Balaban J connectivity index is 2.56. The van der Waals surface area contributed by atoms with Crippen molar-refractivity contribution in [2.24, 2.45) is 0 Å². The maximum atomic E-state index is 5.92. The summed E-state index contributed by atoms with van der Waals surface area (Å²) in [5, 5.41) is 4.50. The van der Waals surface area contributed by atoms with Crippen LogP contribution < -0.4 is 5.32 Å². The third kappa shape index (κ3) is 4.85. The Morgan fingerprint density at radius 3 is 2.33 bits per heavy atom. The molecule has 15 heavy (non-hydrogen) atoms. The van der Waals surface area contributed by atoms with Crippen molar-refractivity contribution in [3.8, 4) is 0 Å².